The summed E-state index contributed by atoms with van der Waals surface area (Å²) in [6, 6.07) is 22.2. The number of benzene rings is 3. The van der Waals surface area contributed by atoms with E-state index < -0.39 is 0 Å². The van der Waals surface area contributed by atoms with Gasteiger partial charge in [0.1, 0.15) is 12.1 Å². The minimum atomic E-state index is -0.374. The van der Waals surface area contributed by atoms with Crippen LogP contribution in [0.15, 0.2) is 79.1 Å². The molecule has 3 aromatic carbocycles. The standard InChI is InChI=1S/C26H27ClN6O2/c27-14-4-16-35-22-11-12-23-24(17-22)29-18-30-25(23)33(15-13-19-7-9-20(28)10-8-19)32-26(34)31-21-5-2-1-3-6-21/h1-3,5-12,17-18H,4,13-16,28H2,(H2,31,32,34). The van der Waals surface area contributed by atoms with Crippen LogP contribution in [0.2, 0.25) is 0 Å². The van der Waals surface area contributed by atoms with Crippen LogP contribution in [-0.4, -0.2) is 35.0 Å². The zero-order chi connectivity index (χ0) is 24.5. The number of nitrogens with zero attached hydrogens (tertiary/aromatic N) is 3. The van der Waals surface area contributed by atoms with Gasteiger partial charge < -0.3 is 15.8 Å². The molecule has 1 aromatic heterocycles. The highest BCUT2D eigenvalue weighted by Crippen LogP contribution is 2.26. The third-order valence-corrected chi connectivity index (χ3v) is 5.53. The summed E-state index contributed by atoms with van der Waals surface area (Å²) in [6.45, 7) is 1.01. The molecule has 0 aliphatic rings. The molecule has 9 heteroatoms. The number of hydrazine groups is 1. The van der Waals surface area contributed by atoms with Gasteiger partial charge in [0.05, 0.1) is 12.1 Å². The number of aromatic nitrogens is 2. The van der Waals surface area contributed by atoms with Crippen LogP contribution in [0.3, 0.4) is 0 Å². The number of amides is 2. The van der Waals surface area contributed by atoms with Crippen molar-refractivity contribution in [3.63, 3.8) is 0 Å². The Morgan fingerprint density at radius 3 is 2.60 bits per heavy atom. The summed E-state index contributed by atoms with van der Waals surface area (Å²) in [6.07, 6.45) is 2.90. The number of carbonyl (C=O) groups excluding carboxylic acids is 1. The summed E-state index contributed by atoms with van der Waals surface area (Å²) in [5.74, 6) is 1.83. The molecule has 4 aromatic rings. The fourth-order valence-corrected chi connectivity index (χ4v) is 3.62. The van der Waals surface area contributed by atoms with E-state index in [1.54, 1.807) is 5.01 Å². The second-order valence-corrected chi connectivity index (χ2v) is 8.22. The summed E-state index contributed by atoms with van der Waals surface area (Å²) in [5.41, 5.74) is 11.9. The molecule has 0 radical (unpaired) electrons. The maximum absolute atomic E-state index is 12.8. The molecule has 1 heterocycles. The van der Waals surface area contributed by atoms with E-state index in [0.29, 0.717) is 53.9 Å². The van der Waals surface area contributed by atoms with Crippen LogP contribution in [0.4, 0.5) is 22.0 Å². The Hall–Kier alpha value is -4.04. The molecule has 0 bridgehead atoms. The molecule has 35 heavy (non-hydrogen) atoms. The molecule has 0 aliphatic heterocycles. The normalized spacial score (nSPS) is 10.7. The zero-order valence-electron chi connectivity index (χ0n) is 19.2. The van der Waals surface area contributed by atoms with Crippen molar-refractivity contribution in [3.05, 3.63) is 84.7 Å². The summed E-state index contributed by atoms with van der Waals surface area (Å²) in [4.78, 5) is 21.7. The molecule has 2 amide bonds. The van der Waals surface area contributed by atoms with Gasteiger partial charge in [-0.2, -0.15) is 0 Å². The van der Waals surface area contributed by atoms with E-state index in [2.05, 4.69) is 20.7 Å². The topological polar surface area (TPSA) is 105 Å². The lowest BCUT2D eigenvalue weighted by Gasteiger charge is -2.25. The Balaban J connectivity index is 1.58. The maximum Gasteiger partial charge on any atom is 0.338 e. The highest BCUT2D eigenvalue weighted by atomic mass is 35.5. The number of para-hydroxylation sites is 1. The molecule has 0 atom stereocenters. The van der Waals surface area contributed by atoms with E-state index in [4.69, 9.17) is 22.1 Å². The average molecular weight is 491 g/mol. The van der Waals surface area contributed by atoms with Crippen LogP contribution in [0.25, 0.3) is 10.9 Å². The van der Waals surface area contributed by atoms with Crippen LogP contribution in [0, 0.1) is 0 Å². The average Bonchev–Trinajstić information content (AvgIpc) is 2.88. The number of rotatable bonds is 10. The molecular formula is C26H27ClN6O2. The van der Waals surface area contributed by atoms with Gasteiger partial charge in [-0.25, -0.2) is 20.2 Å². The quantitative estimate of drug-likeness (QED) is 0.125. The molecule has 4 N–H and O–H groups in total. The predicted octanol–water partition coefficient (Wildman–Crippen LogP) is 5.01. The van der Waals surface area contributed by atoms with Gasteiger partial charge in [-0.05, 0) is 54.8 Å². The van der Waals surface area contributed by atoms with Gasteiger partial charge in [0.25, 0.3) is 0 Å². The van der Waals surface area contributed by atoms with Crippen molar-refractivity contribution in [1.82, 2.24) is 15.4 Å². The summed E-state index contributed by atoms with van der Waals surface area (Å²) < 4.78 is 5.75. The molecule has 0 unspecified atom stereocenters. The summed E-state index contributed by atoms with van der Waals surface area (Å²) in [5, 5.41) is 5.37. The van der Waals surface area contributed by atoms with E-state index in [1.165, 1.54) is 6.33 Å². The van der Waals surface area contributed by atoms with E-state index in [9.17, 15) is 4.79 Å². The van der Waals surface area contributed by atoms with Crippen LogP contribution in [0.1, 0.15) is 12.0 Å². The van der Waals surface area contributed by atoms with Crippen LogP contribution < -0.4 is 26.2 Å². The zero-order valence-corrected chi connectivity index (χ0v) is 19.9. The van der Waals surface area contributed by atoms with Crippen molar-refractivity contribution in [3.8, 4) is 5.75 Å². The van der Waals surface area contributed by atoms with E-state index >= 15 is 0 Å². The number of hydrogen-bond acceptors (Lipinski definition) is 6. The van der Waals surface area contributed by atoms with Crippen molar-refractivity contribution in [2.75, 3.05) is 35.1 Å². The minimum Gasteiger partial charge on any atom is -0.493 e. The second kappa shape index (κ2) is 11.9. The molecule has 0 saturated carbocycles. The SMILES string of the molecule is Nc1ccc(CCN(NC(=O)Nc2ccccc2)c2ncnc3cc(OCCCCl)ccc23)cc1. The Morgan fingerprint density at radius 1 is 1.03 bits per heavy atom. The lowest BCUT2D eigenvalue weighted by atomic mass is 10.1. The van der Waals surface area contributed by atoms with Crippen molar-refractivity contribution in [2.24, 2.45) is 0 Å². The number of urea groups is 1. The molecule has 0 aliphatic carbocycles. The number of carbonyl (C=O) groups is 1. The number of alkyl halides is 1. The number of nitrogens with two attached hydrogens (primary N) is 1. The Labute approximate surface area is 209 Å². The Morgan fingerprint density at radius 2 is 1.83 bits per heavy atom. The molecule has 180 valence electrons. The smallest absolute Gasteiger partial charge is 0.338 e. The van der Waals surface area contributed by atoms with E-state index in [0.717, 1.165) is 17.4 Å². The highest BCUT2D eigenvalue weighted by Gasteiger charge is 2.16. The van der Waals surface area contributed by atoms with Gasteiger partial charge in [-0.3, -0.25) is 5.01 Å². The predicted molar refractivity (Wildman–Crippen MR) is 141 cm³/mol. The van der Waals surface area contributed by atoms with Crippen molar-refractivity contribution >= 4 is 45.7 Å². The molecule has 0 spiro atoms. The van der Waals surface area contributed by atoms with Gasteiger partial charge in [0.2, 0.25) is 0 Å². The van der Waals surface area contributed by atoms with Gasteiger partial charge in [-0.1, -0.05) is 30.3 Å². The van der Waals surface area contributed by atoms with Crippen molar-refractivity contribution in [2.45, 2.75) is 12.8 Å². The molecule has 8 nitrogen and oxygen atoms in total. The summed E-state index contributed by atoms with van der Waals surface area (Å²) >= 11 is 5.74. The molecule has 0 fully saturated rings. The molecule has 4 rings (SSSR count). The van der Waals surface area contributed by atoms with E-state index in [1.807, 2.05) is 72.8 Å². The van der Waals surface area contributed by atoms with Gasteiger partial charge in [0, 0.05) is 35.3 Å². The highest BCUT2D eigenvalue weighted by molar-refractivity contribution is 6.17. The lowest BCUT2D eigenvalue weighted by Crippen LogP contribution is -2.46. The van der Waals surface area contributed by atoms with Crippen molar-refractivity contribution < 1.29 is 9.53 Å². The number of ether oxygens (including phenoxy) is 1. The first kappa shape index (κ1) is 24.1. The van der Waals surface area contributed by atoms with Gasteiger partial charge in [0.15, 0.2) is 5.82 Å². The molecule has 0 saturated heterocycles. The number of halogens is 1. The van der Waals surface area contributed by atoms with Crippen LogP contribution in [-0.2, 0) is 6.42 Å². The number of nitrogens with one attached hydrogen (secondary N) is 2. The Kier molecular flexibility index (Phi) is 8.19. The third kappa shape index (κ3) is 6.74. The monoisotopic (exact) mass is 490 g/mol. The Bertz CT molecular complexity index is 1250. The first-order valence-electron chi connectivity index (χ1n) is 11.3. The number of nitrogen functional groups attached to an aromatic ring is 1. The fourth-order valence-electron chi connectivity index (χ4n) is 3.52. The van der Waals surface area contributed by atoms with Crippen molar-refractivity contribution in [1.29, 1.82) is 0 Å². The van der Waals surface area contributed by atoms with Crippen LogP contribution in [0.5, 0.6) is 5.75 Å². The number of fused-ring (bicyclic) bond motifs is 1. The van der Waals surface area contributed by atoms with E-state index in [-0.39, 0.29) is 6.03 Å². The van der Waals surface area contributed by atoms with Gasteiger partial charge >= 0.3 is 6.03 Å². The lowest BCUT2D eigenvalue weighted by molar-refractivity contribution is 0.251. The van der Waals surface area contributed by atoms with Gasteiger partial charge in [-0.15, -0.1) is 11.6 Å². The summed E-state index contributed by atoms with van der Waals surface area (Å²) in [7, 11) is 0. The first-order chi connectivity index (χ1) is 17.1. The minimum absolute atomic E-state index is 0.374. The maximum atomic E-state index is 12.8. The number of hydrogen-bond donors (Lipinski definition) is 3. The fraction of sp³-hybridized carbons (Fsp3) is 0.192. The number of anilines is 3. The largest absolute Gasteiger partial charge is 0.493 e. The first-order valence-corrected chi connectivity index (χ1v) is 11.8. The molecular weight excluding hydrogens is 464 g/mol. The second-order valence-electron chi connectivity index (χ2n) is 7.84. The third-order valence-electron chi connectivity index (χ3n) is 5.26. The van der Waals surface area contributed by atoms with Crippen LogP contribution >= 0.6 is 11.6 Å².